The van der Waals surface area contributed by atoms with Crippen molar-refractivity contribution in [2.24, 2.45) is 0 Å². The van der Waals surface area contributed by atoms with Gasteiger partial charge >= 0.3 is 12.1 Å². The number of halogens is 3. The van der Waals surface area contributed by atoms with Gasteiger partial charge in [-0.05, 0) is 54.3 Å². The molecule has 0 spiro atoms. The second-order valence-electron chi connectivity index (χ2n) is 9.64. The standard InChI is InChI=1S/C25H24N4O5S2.C2HF3O2/c1-16-5-4-6-19(13-16)35(31,32)28-22(25-26-20-7-2-3-8-21(20)27-25)14-17-9-11-18(12-10-17)23-15-24(30)29-36(23,33)34;3-2(4,5)1(6)7/h2-13,22-23,28H,14-15H2,1H3,(H,26,27)(H,29,30);(H,6,7)/t22-,23?;/m0./s1. The molecule has 11 nitrogen and oxygen atoms in total. The van der Waals surface area contributed by atoms with Crippen molar-refractivity contribution in [3.63, 3.8) is 0 Å². The minimum atomic E-state index is -5.08. The lowest BCUT2D eigenvalue weighted by Gasteiger charge is -2.18. The fourth-order valence-corrected chi connectivity index (χ4v) is 7.05. The fourth-order valence-electron chi connectivity index (χ4n) is 4.32. The number of fused-ring (bicyclic) bond motifs is 1. The molecule has 1 aliphatic rings. The predicted molar refractivity (Wildman–Crippen MR) is 149 cm³/mol. The summed E-state index contributed by atoms with van der Waals surface area (Å²) < 4.78 is 87.4. The number of carboxylic acid groups (broad SMARTS) is 1. The summed E-state index contributed by atoms with van der Waals surface area (Å²) in [6, 6.07) is 20.2. The number of aryl methyl sites for hydroxylation is 1. The molecule has 43 heavy (non-hydrogen) atoms. The van der Waals surface area contributed by atoms with E-state index < -0.39 is 49.4 Å². The summed E-state index contributed by atoms with van der Waals surface area (Å²) in [6.45, 7) is 1.82. The molecule has 0 aliphatic carbocycles. The van der Waals surface area contributed by atoms with E-state index in [9.17, 15) is 34.8 Å². The van der Waals surface area contributed by atoms with Crippen LogP contribution >= 0.6 is 0 Å². The topological polar surface area (TPSA) is 175 Å². The molecule has 4 aromatic rings. The Balaban J connectivity index is 0.000000541. The molecular weight excluding hydrogens is 613 g/mol. The number of nitrogens with zero attached hydrogens (tertiary/aromatic N) is 1. The summed E-state index contributed by atoms with van der Waals surface area (Å²) in [5.41, 5.74) is 3.59. The van der Waals surface area contributed by atoms with Crippen molar-refractivity contribution in [1.29, 1.82) is 0 Å². The van der Waals surface area contributed by atoms with Crippen molar-refractivity contribution in [2.75, 3.05) is 0 Å². The van der Waals surface area contributed by atoms with Crippen LogP contribution in [0, 0.1) is 6.92 Å². The molecule has 3 aromatic carbocycles. The monoisotopic (exact) mass is 638 g/mol. The summed E-state index contributed by atoms with van der Waals surface area (Å²) in [4.78, 5) is 28.5. The van der Waals surface area contributed by atoms with Crippen LogP contribution in [0.3, 0.4) is 0 Å². The summed E-state index contributed by atoms with van der Waals surface area (Å²) in [5, 5.41) is 6.19. The second-order valence-corrected chi connectivity index (χ2v) is 13.2. The van der Waals surface area contributed by atoms with Gasteiger partial charge in [-0.25, -0.2) is 31.3 Å². The van der Waals surface area contributed by atoms with E-state index in [0.29, 0.717) is 16.9 Å². The van der Waals surface area contributed by atoms with Crippen molar-refractivity contribution in [3.05, 3.63) is 95.3 Å². The lowest BCUT2D eigenvalue weighted by Crippen LogP contribution is -2.31. The minimum absolute atomic E-state index is 0.125. The third-order valence-electron chi connectivity index (χ3n) is 6.37. The van der Waals surface area contributed by atoms with Crippen LogP contribution in [0.1, 0.15) is 40.2 Å². The van der Waals surface area contributed by atoms with Crippen LogP contribution in [-0.4, -0.2) is 50.0 Å². The highest BCUT2D eigenvalue weighted by atomic mass is 32.2. The van der Waals surface area contributed by atoms with Gasteiger partial charge in [0.25, 0.3) is 0 Å². The molecule has 1 aromatic heterocycles. The molecule has 0 bridgehead atoms. The molecule has 228 valence electrons. The number of H-pyrrole nitrogens is 1. The first-order chi connectivity index (χ1) is 20.0. The number of carbonyl (C=O) groups excluding carboxylic acids is 1. The van der Waals surface area contributed by atoms with E-state index in [1.807, 2.05) is 42.0 Å². The number of para-hydroxylation sites is 2. The number of amides is 1. The highest BCUT2D eigenvalue weighted by molar-refractivity contribution is 7.90. The van der Waals surface area contributed by atoms with Crippen molar-refractivity contribution in [3.8, 4) is 0 Å². The number of aromatic nitrogens is 2. The highest BCUT2D eigenvalue weighted by Gasteiger charge is 2.38. The Morgan fingerprint density at radius 3 is 2.30 bits per heavy atom. The van der Waals surface area contributed by atoms with E-state index in [1.165, 1.54) is 6.07 Å². The summed E-state index contributed by atoms with van der Waals surface area (Å²) in [6.07, 6.45) is -4.95. The second kappa shape index (κ2) is 12.1. The molecule has 1 amide bonds. The quantitative estimate of drug-likeness (QED) is 0.237. The van der Waals surface area contributed by atoms with Gasteiger partial charge in [-0.15, -0.1) is 0 Å². The number of benzene rings is 3. The fraction of sp³-hybridized carbons (Fsp3) is 0.222. The van der Waals surface area contributed by atoms with Crippen LogP contribution in [0.4, 0.5) is 13.2 Å². The first-order valence-electron chi connectivity index (χ1n) is 12.5. The molecule has 1 aliphatic heterocycles. The Morgan fingerprint density at radius 1 is 1.09 bits per heavy atom. The lowest BCUT2D eigenvalue weighted by molar-refractivity contribution is -0.192. The average molecular weight is 639 g/mol. The molecule has 5 rings (SSSR count). The number of carbonyl (C=O) groups is 2. The van der Waals surface area contributed by atoms with Crippen LogP contribution in [0.2, 0.25) is 0 Å². The smallest absolute Gasteiger partial charge is 0.475 e. The molecule has 2 heterocycles. The number of rotatable bonds is 7. The van der Waals surface area contributed by atoms with Gasteiger partial charge < -0.3 is 10.1 Å². The number of sulfonamides is 2. The van der Waals surface area contributed by atoms with Crippen LogP contribution in [-0.2, 0) is 36.1 Å². The van der Waals surface area contributed by atoms with Gasteiger partial charge in [-0.2, -0.15) is 13.2 Å². The molecule has 0 radical (unpaired) electrons. The predicted octanol–water partition coefficient (Wildman–Crippen LogP) is 3.66. The Bertz CT molecular complexity index is 1840. The Morgan fingerprint density at radius 2 is 1.74 bits per heavy atom. The molecular formula is C27H25F3N4O7S2. The average Bonchev–Trinajstić information content (AvgIpc) is 3.47. The maximum absolute atomic E-state index is 13.2. The zero-order chi connectivity index (χ0) is 31.6. The van der Waals surface area contributed by atoms with Crippen molar-refractivity contribution < 1.29 is 44.7 Å². The molecule has 1 unspecified atom stereocenters. The van der Waals surface area contributed by atoms with Gasteiger partial charge in [0, 0.05) is 0 Å². The minimum Gasteiger partial charge on any atom is -0.475 e. The molecule has 0 saturated carbocycles. The molecule has 1 saturated heterocycles. The molecule has 1 fully saturated rings. The number of nitrogens with one attached hydrogen (secondary N) is 3. The Kier molecular flexibility index (Phi) is 8.94. The third kappa shape index (κ3) is 7.77. The van der Waals surface area contributed by atoms with Gasteiger partial charge in [0.1, 0.15) is 11.1 Å². The zero-order valence-corrected chi connectivity index (χ0v) is 23.9. The number of aromatic amines is 1. The summed E-state index contributed by atoms with van der Waals surface area (Å²) in [7, 11) is -7.61. The number of hydrogen-bond acceptors (Lipinski definition) is 7. The molecule has 2 atom stereocenters. The largest absolute Gasteiger partial charge is 0.490 e. The first kappa shape index (κ1) is 31.7. The van der Waals surface area contributed by atoms with E-state index >= 15 is 0 Å². The van der Waals surface area contributed by atoms with Crippen LogP contribution < -0.4 is 9.44 Å². The van der Waals surface area contributed by atoms with Gasteiger partial charge in [0.05, 0.1) is 28.4 Å². The highest BCUT2D eigenvalue weighted by Crippen LogP contribution is 2.31. The van der Waals surface area contributed by atoms with Crippen molar-refractivity contribution in [1.82, 2.24) is 19.4 Å². The maximum atomic E-state index is 13.2. The van der Waals surface area contributed by atoms with E-state index in [-0.39, 0.29) is 17.7 Å². The van der Waals surface area contributed by atoms with E-state index in [1.54, 1.807) is 36.4 Å². The van der Waals surface area contributed by atoms with Gasteiger partial charge in [-0.1, -0.05) is 48.5 Å². The number of hydrogen-bond donors (Lipinski definition) is 4. The molecule has 16 heteroatoms. The summed E-state index contributed by atoms with van der Waals surface area (Å²) >= 11 is 0. The van der Waals surface area contributed by atoms with Crippen LogP contribution in [0.15, 0.2) is 77.7 Å². The number of carboxylic acids is 1. The van der Waals surface area contributed by atoms with Crippen molar-refractivity contribution >= 4 is 43.0 Å². The maximum Gasteiger partial charge on any atom is 0.490 e. The molecule has 4 N–H and O–H groups in total. The normalized spacial score (nSPS) is 17.1. The van der Waals surface area contributed by atoms with Crippen LogP contribution in [0.25, 0.3) is 11.0 Å². The lowest BCUT2D eigenvalue weighted by atomic mass is 10.0. The summed E-state index contributed by atoms with van der Waals surface area (Å²) in [5.74, 6) is -2.82. The van der Waals surface area contributed by atoms with E-state index in [0.717, 1.165) is 16.6 Å². The van der Waals surface area contributed by atoms with E-state index in [2.05, 4.69) is 14.7 Å². The van der Waals surface area contributed by atoms with E-state index in [4.69, 9.17) is 9.90 Å². The Hall–Kier alpha value is -4.28. The third-order valence-corrected chi connectivity index (χ3v) is 9.54. The van der Waals surface area contributed by atoms with Gasteiger partial charge in [0.15, 0.2) is 0 Å². The van der Waals surface area contributed by atoms with Crippen LogP contribution in [0.5, 0.6) is 0 Å². The first-order valence-corrected chi connectivity index (χ1v) is 15.5. The number of alkyl halides is 3. The SMILES string of the molecule is Cc1cccc(S(=O)(=O)N[C@@H](Cc2ccc(C3CC(=O)NS3(=O)=O)cc2)c2nc3ccccc3[nH]2)c1.O=C(O)C(F)(F)F. The number of imidazole rings is 1. The van der Waals surface area contributed by atoms with Crippen molar-refractivity contribution in [2.45, 2.75) is 42.1 Å². The van der Waals surface area contributed by atoms with Gasteiger partial charge in [-0.3, -0.25) is 9.52 Å². The number of aliphatic carboxylic acids is 1. The Labute approximate surface area is 244 Å². The zero-order valence-electron chi connectivity index (χ0n) is 22.3. The van der Waals surface area contributed by atoms with Gasteiger partial charge in [0.2, 0.25) is 26.0 Å².